The van der Waals surface area contributed by atoms with Crippen molar-refractivity contribution in [3.8, 4) is 34.3 Å². The van der Waals surface area contributed by atoms with E-state index in [-0.39, 0.29) is 5.91 Å². The second-order valence-corrected chi connectivity index (χ2v) is 6.70. The lowest BCUT2D eigenvalue weighted by atomic mass is 10.1. The lowest BCUT2D eigenvalue weighted by Crippen LogP contribution is -2.28. The zero-order valence-electron chi connectivity index (χ0n) is 17.1. The van der Waals surface area contributed by atoms with Gasteiger partial charge in [0.25, 0.3) is 5.91 Å². The maximum atomic E-state index is 12.8. The fourth-order valence-electron chi connectivity index (χ4n) is 3.16. The molecule has 0 spiro atoms. The molecule has 31 heavy (non-hydrogen) atoms. The molecule has 0 aliphatic carbocycles. The van der Waals surface area contributed by atoms with Crippen LogP contribution in [0.3, 0.4) is 0 Å². The first kappa shape index (κ1) is 20.2. The van der Waals surface area contributed by atoms with Gasteiger partial charge in [-0.1, -0.05) is 54.6 Å². The van der Waals surface area contributed by atoms with Crippen molar-refractivity contribution in [2.75, 3.05) is 20.3 Å². The number of amides is 1. The van der Waals surface area contributed by atoms with Crippen LogP contribution in [-0.2, 0) is 0 Å². The molecule has 0 aliphatic rings. The molecule has 1 amide bonds. The van der Waals surface area contributed by atoms with Gasteiger partial charge in [-0.15, -0.1) is 0 Å². The van der Waals surface area contributed by atoms with Gasteiger partial charge in [-0.25, -0.2) is 4.98 Å². The number of para-hydroxylation sites is 2. The molecule has 0 bridgehead atoms. The third-order valence-corrected chi connectivity index (χ3v) is 4.68. The molecule has 1 aromatic heterocycles. The Bertz CT molecular complexity index is 1150. The lowest BCUT2D eigenvalue weighted by molar-refractivity contribution is 0.0947. The number of hydrogen-bond donors (Lipinski definition) is 1. The number of carbonyl (C=O) groups excluding carboxylic acids is 1. The highest BCUT2D eigenvalue weighted by Gasteiger charge is 2.16. The zero-order chi connectivity index (χ0) is 21.5. The Hall–Kier alpha value is -4.06. The number of ether oxygens (including phenoxy) is 2. The number of methoxy groups -OCH3 is 1. The fraction of sp³-hybridized carbons (Fsp3) is 0.120. The summed E-state index contributed by atoms with van der Waals surface area (Å²) < 4.78 is 16.9. The standard InChI is InChI=1S/C25H22N2O4/c1-29-21-13-7-8-14-22(21)30-16-15-26-24(28)19-11-5-6-12-20(19)25-27-17-23(31-25)18-9-3-2-4-10-18/h2-14,17H,15-16H2,1H3,(H,26,28). The Kier molecular flexibility index (Phi) is 6.28. The Morgan fingerprint density at radius 2 is 1.65 bits per heavy atom. The minimum absolute atomic E-state index is 0.223. The van der Waals surface area contributed by atoms with E-state index in [0.717, 1.165) is 5.56 Å². The van der Waals surface area contributed by atoms with Gasteiger partial charge in [-0.3, -0.25) is 4.79 Å². The van der Waals surface area contributed by atoms with E-state index in [1.54, 1.807) is 19.4 Å². The fourth-order valence-corrected chi connectivity index (χ4v) is 3.16. The third kappa shape index (κ3) is 4.75. The van der Waals surface area contributed by atoms with E-state index in [0.29, 0.717) is 47.4 Å². The largest absolute Gasteiger partial charge is 0.493 e. The molecule has 0 saturated heterocycles. The highest BCUT2D eigenvalue weighted by atomic mass is 16.5. The smallest absolute Gasteiger partial charge is 0.252 e. The average molecular weight is 414 g/mol. The number of benzene rings is 3. The van der Waals surface area contributed by atoms with Crippen molar-refractivity contribution in [3.63, 3.8) is 0 Å². The number of carbonyl (C=O) groups is 1. The van der Waals surface area contributed by atoms with Crippen LogP contribution >= 0.6 is 0 Å². The lowest BCUT2D eigenvalue weighted by Gasteiger charge is -2.11. The van der Waals surface area contributed by atoms with Gasteiger partial charge < -0.3 is 19.2 Å². The maximum Gasteiger partial charge on any atom is 0.252 e. The van der Waals surface area contributed by atoms with Crippen molar-refractivity contribution in [1.29, 1.82) is 0 Å². The van der Waals surface area contributed by atoms with E-state index >= 15 is 0 Å². The molecule has 1 N–H and O–H groups in total. The highest BCUT2D eigenvalue weighted by Crippen LogP contribution is 2.28. The van der Waals surface area contributed by atoms with Crippen molar-refractivity contribution >= 4 is 5.91 Å². The summed E-state index contributed by atoms with van der Waals surface area (Å²) in [5.41, 5.74) is 2.05. The molecule has 156 valence electrons. The number of rotatable bonds is 8. The topological polar surface area (TPSA) is 73.6 Å². The monoisotopic (exact) mass is 414 g/mol. The van der Waals surface area contributed by atoms with Crippen molar-refractivity contribution in [3.05, 3.63) is 90.6 Å². The summed E-state index contributed by atoms with van der Waals surface area (Å²) in [5.74, 6) is 2.11. The Morgan fingerprint density at radius 3 is 2.45 bits per heavy atom. The minimum atomic E-state index is -0.223. The second kappa shape index (κ2) is 9.63. The first-order valence-electron chi connectivity index (χ1n) is 9.91. The summed E-state index contributed by atoms with van der Waals surface area (Å²) >= 11 is 0. The van der Waals surface area contributed by atoms with Crippen LogP contribution in [0.15, 0.2) is 89.5 Å². The van der Waals surface area contributed by atoms with Crippen molar-refractivity contribution in [2.45, 2.75) is 0 Å². The molecule has 0 unspecified atom stereocenters. The minimum Gasteiger partial charge on any atom is -0.493 e. The molecular formula is C25H22N2O4. The second-order valence-electron chi connectivity index (χ2n) is 6.70. The quantitative estimate of drug-likeness (QED) is 0.418. The van der Waals surface area contributed by atoms with E-state index in [1.807, 2.05) is 72.8 Å². The molecule has 0 radical (unpaired) electrons. The van der Waals surface area contributed by atoms with E-state index in [9.17, 15) is 4.79 Å². The van der Waals surface area contributed by atoms with E-state index in [4.69, 9.17) is 13.9 Å². The molecule has 0 aliphatic heterocycles. The molecule has 0 atom stereocenters. The molecule has 0 saturated carbocycles. The normalized spacial score (nSPS) is 10.5. The van der Waals surface area contributed by atoms with Crippen LogP contribution in [0, 0.1) is 0 Å². The van der Waals surface area contributed by atoms with Crippen LogP contribution in [0.5, 0.6) is 11.5 Å². The van der Waals surface area contributed by atoms with Crippen LogP contribution in [0.25, 0.3) is 22.8 Å². The van der Waals surface area contributed by atoms with Crippen molar-refractivity contribution in [2.24, 2.45) is 0 Å². The Balaban J connectivity index is 1.42. The zero-order valence-corrected chi connectivity index (χ0v) is 17.1. The molecule has 3 aromatic carbocycles. The summed E-state index contributed by atoms with van der Waals surface area (Å²) in [6.45, 7) is 0.650. The summed E-state index contributed by atoms with van der Waals surface area (Å²) in [4.78, 5) is 17.2. The van der Waals surface area contributed by atoms with Crippen LogP contribution < -0.4 is 14.8 Å². The maximum absolute atomic E-state index is 12.8. The molecule has 6 nitrogen and oxygen atoms in total. The first-order chi connectivity index (χ1) is 15.3. The summed E-state index contributed by atoms with van der Waals surface area (Å²) in [6.07, 6.45) is 1.67. The van der Waals surface area contributed by atoms with Gasteiger partial charge in [-0.05, 0) is 24.3 Å². The summed E-state index contributed by atoms with van der Waals surface area (Å²) in [6, 6.07) is 24.3. The van der Waals surface area contributed by atoms with E-state index < -0.39 is 0 Å². The predicted molar refractivity (Wildman–Crippen MR) is 118 cm³/mol. The van der Waals surface area contributed by atoms with Gasteiger partial charge >= 0.3 is 0 Å². The average Bonchev–Trinajstić information content (AvgIpc) is 3.33. The molecule has 4 rings (SSSR count). The Morgan fingerprint density at radius 1 is 0.935 bits per heavy atom. The highest BCUT2D eigenvalue weighted by molar-refractivity contribution is 6.00. The number of oxazole rings is 1. The van der Waals surface area contributed by atoms with Crippen LogP contribution in [0.4, 0.5) is 0 Å². The van der Waals surface area contributed by atoms with Gasteiger partial charge in [-0.2, -0.15) is 0 Å². The predicted octanol–water partition coefficient (Wildman–Crippen LogP) is 4.83. The van der Waals surface area contributed by atoms with E-state index in [1.165, 1.54) is 0 Å². The molecule has 0 fully saturated rings. The van der Waals surface area contributed by atoms with Crippen LogP contribution in [0.2, 0.25) is 0 Å². The third-order valence-electron chi connectivity index (χ3n) is 4.68. The SMILES string of the molecule is COc1ccccc1OCCNC(=O)c1ccccc1-c1ncc(-c2ccccc2)o1. The molecule has 1 heterocycles. The van der Waals surface area contributed by atoms with Gasteiger partial charge in [0, 0.05) is 11.1 Å². The van der Waals surface area contributed by atoms with Gasteiger partial charge in [0.1, 0.15) is 6.61 Å². The van der Waals surface area contributed by atoms with E-state index in [2.05, 4.69) is 10.3 Å². The van der Waals surface area contributed by atoms with Gasteiger partial charge in [0.15, 0.2) is 17.3 Å². The Labute approximate surface area is 180 Å². The van der Waals surface area contributed by atoms with Crippen molar-refractivity contribution in [1.82, 2.24) is 10.3 Å². The van der Waals surface area contributed by atoms with Crippen molar-refractivity contribution < 1.29 is 18.7 Å². The van der Waals surface area contributed by atoms with Crippen LogP contribution in [-0.4, -0.2) is 31.2 Å². The molecule has 4 aromatic rings. The van der Waals surface area contributed by atoms with Crippen LogP contribution in [0.1, 0.15) is 10.4 Å². The van der Waals surface area contributed by atoms with Gasteiger partial charge in [0.2, 0.25) is 5.89 Å². The summed E-state index contributed by atoms with van der Waals surface area (Å²) in [7, 11) is 1.59. The number of nitrogens with one attached hydrogen (secondary N) is 1. The molecular weight excluding hydrogens is 392 g/mol. The number of aromatic nitrogens is 1. The molecule has 6 heteroatoms. The number of hydrogen-bond acceptors (Lipinski definition) is 5. The van der Waals surface area contributed by atoms with Gasteiger partial charge in [0.05, 0.1) is 25.4 Å². The summed E-state index contributed by atoms with van der Waals surface area (Å²) in [5, 5.41) is 2.88. The first-order valence-corrected chi connectivity index (χ1v) is 9.91. The number of nitrogens with zero attached hydrogens (tertiary/aromatic N) is 1.